The number of aryl methyl sites for hydroxylation is 1. The summed E-state index contributed by atoms with van der Waals surface area (Å²) in [4.78, 5) is 12.2. The van der Waals surface area contributed by atoms with Crippen molar-refractivity contribution in [1.82, 2.24) is 15.1 Å². The lowest BCUT2D eigenvalue weighted by Gasteiger charge is -2.10. The van der Waals surface area contributed by atoms with Gasteiger partial charge in [0, 0.05) is 37.1 Å². The number of hydrogen-bond acceptors (Lipinski definition) is 4. The van der Waals surface area contributed by atoms with Crippen LogP contribution in [0.4, 0.5) is 14.5 Å². The van der Waals surface area contributed by atoms with Crippen LogP contribution in [0.2, 0.25) is 5.02 Å². The number of nitrogens with one attached hydrogen (secondary N) is 2. The van der Waals surface area contributed by atoms with Gasteiger partial charge in [0.1, 0.15) is 5.75 Å². The van der Waals surface area contributed by atoms with Gasteiger partial charge in [0.2, 0.25) is 0 Å². The highest BCUT2D eigenvalue weighted by molar-refractivity contribution is 6.30. The fraction of sp³-hybridized carbons (Fsp3) is 0.158. The summed E-state index contributed by atoms with van der Waals surface area (Å²) in [5.41, 5.74) is 1.38. The molecule has 0 fully saturated rings. The number of amides is 1. The minimum absolute atomic E-state index is 0.0122. The van der Waals surface area contributed by atoms with Crippen LogP contribution in [0.25, 0.3) is 0 Å². The Hall–Kier alpha value is -3.13. The average molecular weight is 407 g/mol. The van der Waals surface area contributed by atoms with E-state index in [1.54, 1.807) is 10.7 Å². The highest BCUT2D eigenvalue weighted by Gasteiger charge is 2.15. The van der Waals surface area contributed by atoms with Crippen LogP contribution in [0, 0.1) is 11.6 Å². The van der Waals surface area contributed by atoms with E-state index in [0.29, 0.717) is 12.2 Å². The van der Waals surface area contributed by atoms with Crippen LogP contribution in [-0.4, -0.2) is 20.8 Å². The Labute approximate surface area is 164 Å². The Morgan fingerprint density at radius 2 is 1.96 bits per heavy atom. The summed E-state index contributed by atoms with van der Waals surface area (Å²) in [5, 5.41) is 19.5. The Balaban J connectivity index is 1.63. The maximum atomic E-state index is 13.8. The number of anilines is 1. The van der Waals surface area contributed by atoms with Crippen LogP contribution in [-0.2, 0) is 20.1 Å². The number of phenolic OH excluding ortho intramolecular Hbond substituents is 1. The van der Waals surface area contributed by atoms with Gasteiger partial charge in [0.15, 0.2) is 11.6 Å². The Kier molecular flexibility index (Phi) is 5.79. The first-order chi connectivity index (χ1) is 13.3. The summed E-state index contributed by atoms with van der Waals surface area (Å²) in [7, 11) is 1.81. The van der Waals surface area contributed by atoms with E-state index in [-0.39, 0.29) is 28.4 Å². The van der Waals surface area contributed by atoms with Crippen molar-refractivity contribution in [3.05, 3.63) is 76.1 Å². The van der Waals surface area contributed by atoms with Crippen molar-refractivity contribution in [2.75, 3.05) is 5.32 Å². The summed E-state index contributed by atoms with van der Waals surface area (Å²) >= 11 is 5.50. The number of nitrogens with zero attached hydrogens (tertiary/aromatic N) is 2. The summed E-state index contributed by atoms with van der Waals surface area (Å²) in [5.74, 6) is -3.15. The van der Waals surface area contributed by atoms with Crippen molar-refractivity contribution in [3.8, 4) is 5.75 Å². The Morgan fingerprint density at radius 3 is 2.64 bits per heavy atom. The lowest BCUT2D eigenvalue weighted by atomic mass is 10.1. The second-order valence-corrected chi connectivity index (χ2v) is 6.49. The first-order valence-electron chi connectivity index (χ1n) is 8.31. The maximum absolute atomic E-state index is 13.8. The molecule has 0 saturated heterocycles. The van der Waals surface area contributed by atoms with Gasteiger partial charge in [-0.1, -0.05) is 17.7 Å². The zero-order chi connectivity index (χ0) is 20.3. The van der Waals surface area contributed by atoms with Crippen molar-refractivity contribution in [3.63, 3.8) is 0 Å². The summed E-state index contributed by atoms with van der Waals surface area (Å²) in [6.07, 6.45) is 1.82. The third-order valence-corrected chi connectivity index (χ3v) is 4.33. The van der Waals surface area contributed by atoms with Crippen molar-refractivity contribution in [2.45, 2.75) is 13.1 Å². The van der Waals surface area contributed by atoms with Crippen molar-refractivity contribution in [1.29, 1.82) is 0 Å². The molecule has 0 unspecified atom stereocenters. The quantitative estimate of drug-likeness (QED) is 0.546. The van der Waals surface area contributed by atoms with E-state index in [1.807, 2.05) is 19.3 Å². The van der Waals surface area contributed by atoms with E-state index in [4.69, 9.17) is 11.6 Å². The number of benzene rings is 2. The minimum atomic E-state index is -1.17. The molecule has 0 spiro atoms. The van der Waals surface area contributed by atoms with Gasteiger partial charge in [-0.05, 0) is 24.3 Å². The fourth-order valence-corrected chi connectivity index (χ4v) is 2.70. The van der Waals surface area contributed by atoms with Crippen LogP contribution in [0.3, 0.4) is 0 Å². The number of aromatic nitrogens is 2. The molecule has 1 amide bonds. The molecule has 0 saturated carbocycles. The predicted octanol–water partition coefficient (Wildman–Crippen LogP) is 3.60. The van der Waals surface area contributed by atoms with E-state index in [0.717, 1.165) is 5.69 Å². The second kappa shape index (κ2) is 8.26. The zero-order valence-corrected chi connectivity index (χ0v) is 15.6. The lowest BCUT2D eigenvalue weighted by Crippen LogP contribution is -2.23. The standard InChI is InChI=1S/C19H17ClF2N4O2/c1-26-7-6-13(25-26)10-23-12-3-4-14(16(27)8-12)19(28)24-9-11-2-5-15(20)18(22)17(11)21/h2-8,23,27H,9-10H2,1H3,(H,24,28). The van der Waals surface area contributed by atoms with E-state index >= 15 is 0 Å². The fourth-order valence-electron chi connectivity index (χ4n) is 2.56. The van der Waals surface area contributed by atoms with E-state index in [9.17, 15) is 18.7 Å². The Morgan fingerprint density at radius 1 is 1.18 bits per heavy atom. The smallest absolute Gasteiger partial charge is 0.255 e. The molecule has 3 rings (SSSR count). The van der Waals surface area contributed by atoms with E-state index < -0.39 is 17.5 Å². The number of aromatic hydroxyl groups is 1. The molecule has 3 aromatic rings. The third-order valence-electron chi connectivity index (χ3n) is 4.04. The molecular formula is C19H17ClF2N4O2. The average Bonchev–Trinajstić information content (AvgIpc) is 3.09. The molecule has 3 N–H and O–H groups in total. The SMILES string of the molecule is Cn1ccc(CNc2ccc(C(=O)NCc3ccc(Cl)c(F)c3F)c(O)c2)n1. The van der Waals surface area contributed by atoms with Crippen molar-refractivity contribution in [2.24, 2.45) is 7.05 Å². The monoisotopic (exact) mass is 406 g/mol. The second-order valence-electron chi connectivity index (χ2n) is 6.08. The van der Waals surface area contributed by atoms with Crippen molar-refractivity contribution < 1.29 is 18.7 Å². The Bertz CT molecular complexity index is 1020. The number of rotatable bonds is 6. The molecule has 6 nitrogen and oxygen atoms in total. The van der Waals surface area contributed by atoms with Gasteiger partial charge in [-0.3, -0.25) is 9.48 Å². The lowest BCUT2D eigenvalue weighted by molar-refractivity contribution is 0.0948. The largest absolute Gasteiger partial charge is 0.507 e. The third kappa shape index (κ3) is 4.40. The first-order valence-corrected chi connectivity index (χ1v) is 8.69. The molecule has 0 aliphatic carbocycles. The maximum Gasteiger partial charge on any atom is 0.255 e. The zero-order valence-electron chi connectivity index (χ0n) is 14.8. The number of halogens is 3. The number of hydrogen-bond donors (Lipinski definition) is 3. The van der Waals surface area contributed by atoms with Gasteiger partial charge >= 0.3 is 0 Å². The molecule has 0 aliphatic rings. The summed E-state index contributed by atoms with van der Waals surface area (Å²) in [6.45, 7) is 0.200. The number of carbonyl (C=O) groups is 1. The van der Waals surface area contributed by atoms with Gasteiger partial charge in [-0.25, -0.2) is 8.78 Å². The molecule has 28 heavy (non-hydrogen) atoms. The number of phenols is 1. The van der Waals surface area contributed by atoms with E-state index in [2.05, 4.69) is 15.7 Å². The first kappa shape index (κ1) is 19.6. The highest BCUT2D eigenvalue weighted by Crippen LogP contribution is 2.23. The molecular weight excluding hydrogens is 390 g/mol. The summed E-state index contributed by atoms with van der Waals surface area (Å²) < 4.78 is 28.9. The molecule has 2 aromatic carbocycles. The molecule has 1 aromatic heterocycles. The van der Waals surface area contributed by atoms with Gasteiger partial charge in [-0.15, -0.1) is 0 Å². The molecule has 0 bridgehead atoms. The van der Waals surface area contributed by atoms with Gasteiger partial charge in [0.05, 0.1) is 22.8 Å². The highest BCUT2D eigenvalue weighted by atomic mass is 35.5. The van der Waals surface area contributed by atoms with E-state index in [1.165, 1.54) is 24.3 Å². The van der Waals surface area contributed by atoms with Gasteiger partial charge in [-0.2, -0.15) is 5.10 Å². The topological polar surface area (TPSA) is 79.2 Å². The molecule has 0 atom stereocenters. The molecule has 1 heterocycles. The molecule has 0 aliphatic heterocycles. The van der Waals surface area contributed by atoms with Crippen LogP contribution in [0.5, 0.6) is 5.75 Å². The molecule has 0 radical (unpaired) electrons. The van der Waals surface area contributed by atoms with Gasteiger partial charge < -0.3 is 15.7 Å². The van der Waals surface area contributed by atoms with Crippen LogP contribution in [0.1, 0.15) is 21.6 Å². The normalized spacial score (nSPS) is 10.7. The molecule has 9 heteroatoms. The number of carbonyl (C=O) groups excluding carboxylic acids is 1. The van der Waals surface area contributed by atoms with Gasteiger partial charge in [0.25, 0.3) is 5.91 Å². The summed E-state index contributed by atoms with van der Waals surface area (Å²) in [6, 6.07) is 8.81. The van der Waals surface area contributed by atoms with Crippen LogP contribution in [0.15, 0.2) is 42.6 Å². The van der Waals surface area contributed by atoms with Crippen LogP contribution < -0.4 is 10.6 Å². The van der Waals surface area contributed by atoms with Crippen LogP contribution >= 0.6 is 11.6 Å². The minimum Gasteiger partial charge on any atom is -0.507 e. The molecule has 146 valence electrons. The van der Waals surface area contributed by atoms with Crippen molar-refractivity contribution >= 4 is 23.2 Å². The predicted molar refractivity (Wildman–Crippen MR) is 101 cm³/mol.